The molecule has 1 aromatic rings. The van der Waals surface area contributed by atoms with Crippen LogP contribution >= 0.6 is 15.9 Å². The zero-order valence-electron chi connectivity index (χ0n) is 13.0. The van der Waals surface area contributed by atoms with E-state index >= 15 is 0 Å². The lowest BCUT2D eigenvalue weighted by Crippen LogP contribution is -2.43. The first kappa shape index (κ1) is 16.3. The van der Waals surface area contributed by atoms with Crippen molar-refractivity contribution in [2.24, 2.45) is 0 Å². The van der Waals surface area contributed by atoms with Crippen LogP contribution in [-0.2, 0) is 4.79 Å². The van der Waals surface area contributed by atoms with Crippen LogP contribution in [0.15, 0.2) is 22.7 Å². The van der Waals surface area contributed by atoms with Crippen LogP contribution in [-0.4, -0.2) is 29.9 Å². The third-order valence-electron chi connectivity index (χ3n) is 4.26. The Morgan fingerprint density at radius 2 is 2.24 bits per heavy atom. The average molecular weight is 353 g/mol. The third kappa shape index (κ3) is 4.47. The number of piperidine rings is 1. The predicted octanol–water partition coefficient (Wildman–Crippen LogP) is 4.35. The number of benzene rings is 1. The third-order valence-corrected chi connectivity index (χ3v) is 5.11. The molecule has 1 heterocycles. The van der Waals surface area contributed by atoms with Crippen molar-refractivity contribution in [2.75, 3.05) is 18.4 Å². The van der Waals surface area contributed by atoms with Gasteiger partial charge in [-0.1, -0.05) is 28.9 Å². The van der Waals surface area contributed by atoms with Crippen LogP contribution in [0.4, 0.5) is 5.69 Å². The van der Waals surface area contributed by atoms with Gasteiger partial charge in [0.15, 0.2) is 0 Å². The van der Waals surface area contributed by atoms with E-state index in [-0.39, 0.29) is 0 Å². The molecule has 1 amide bonds. The Kier molecular flexibility index (Phi) is 6.09. The first-order chi connectivity index (χ1) is 10.1. The minimum absolute atomic E-state index is 0.292. The number of carbonyl (C=O) groups is 1. The van der Waals surface area contributed by atoms with Gasteiger partial charge in [0.05, 0.1) is 0 Å². The molecule has 1 unspecified atom stereocenters. The molecule has 0 bridgehead atoms. The SMILES string of the molecule is CCC1CCCCN1C(=O)CCNc1ccc(C)c(Br)c1. The summed E-state index contributed by atoms with van der Waals surface area (Å²) in [6, 6.07) is 6.65. The fourth-order valence-electron chi connectivity index (χ4n) is 2.91. The van der Waals surface area contributed by atoms with Gasteiger partial charge in [-0.3, -0.25) is 4.79 Å². The van der Waals surface area contributed by atoms with Crippen LogP contribution in [0.25, 0.3) is 0 Å². The smallest absolute Gasteiger partial charge is 0.224 e. The number of likely N-dealkylation sites (tertiary alicyclic amines) is 1. The Labute approximate surface area is 136 Å². The molecule has 1 aliphatic rings. The van der Waals surface area contributed by atoms with Crippen LogP contribution in [0.1, 0.15) is 44.6 Å². The molecule has 0 spiro atoms. The molecule has 1 aromatic carbocycles. The second kappa shape index (κ2) is 7.83. The monoisotopic (exact) mass is 352 g/mol. The lowest BCUT2D eigenvalue weighted by Gasteiger charge is -2.35. The molecule has 0 saturated carbocycles. The van der Waals surface area contributed by atoms with Crippen molar-refractivity contribution < 1.29 is 4.79 Å². The lowest BCUT2D eigenvalue weighted by molar-refractivity contribution is -0.134. The highest BCUT2D eigenvalue weighted by atomic mass is 79.9. The van der Waals surface area contributed by atoms with Gasteiger partial charge in [0, 0.05) is 35.7 Å². The number of rotatable bonds is 5. The Balaban J connectivity index is 1.82. The Morgan fingerprint density at radius 1 is 1.43 bits per heavy atom. The maximum absolute atomic E-state index is 12.4. The molecule has 3 nitrogen and oxygen atoms in total. The van der Waals surface area contributed by atoms with Crippen LogP contribution in [0.5, 0.6) is 0 Å². The molecule has 1 saturated heterocycles. The lowest BCUT2D eigenvalue weighted by atomic mass is 9.99. The topological polar surface area (TPSA) is 32.3 Å². The fraction of sp³-hybridized carbons (Fsp3) is 0.588. The second-order valence-electron chi connectivity index (χ2n) is 5.79. The van der Waals surface area contributed by atoms with Crippen LogP contribution in [0.2, 0.25) is 0 Å². The van der Waals surface area contributed by atoms with E-state index in [1.165, 1.54) is 18.4 Å². The summed E-state index contributed by atoms with van der Waals surface area (Å²) in [5.74, 6) is 0.292. The van der Waals surface area contributed by atoms with Crippen molar-refractivity contribution in [3.05, 3.63) is 28.2 Å². The summed E-state index contributed by atoms with van der Waals surface area (Å²) in [5, 5.41) is 3.34. The number of nitrogens with one attached hydrogen (secondary N) is 1. The van der Waals surface area contributed by atoms with Gasteiger partial charge in [0.25, 0.3) is 0 Å². The Morgan fingerprint density at radius 3 is 2.95 bits per heavy atom. The second-order valence-corrected chi connectivity index (χ2v) is 6.64. The minimum atomic E-state index is 0.292. The van der Waals surface area contributed by atoms with Crippen molar-refractivity contribution in [1.29, 1.82) is 0 Å². The molecule has 1 atom stereocenters. The van der Waals surface area contributed by atoms with E-state index < -0.39 is 0 Å². The summed E-state index contributed by atoms with van der Waals surface area (Å²) >= 11 is 3.53. The van der Waals surface area contributed by atoms with E-state index in [0.717, 1.165) is 29.5 Å². The molecule has 1 aliphatic heterocycles. The van der Waals surface area contributed by atoms with E-state index in [1.807, 2.05) is 0 Å². The minimum Gasteiger partial charge on any atom is -0.384 e. The number of hydrogen-bond acceptors (Lipinski definition) is 2. The van der Waals surface area contributed by atoms with Crippen molar-refractivity contribution in [2.45, 2.75) is 52.0 Å². The molecular weight excluding hydrogens is 328 g/mol. The van der Waals surface area contributed by atoms with E-state index in [9.17, 15) is 4.79 Å². The molecular formula is C17H25BrN2O. The maximum atomic E-state index is 12.4. The summed E-state index contributed by atoms with van der Waals surface area (Å²) in [5.41, 5.74) is 2.28. The van der Waals surface area contributed by atoms with Gasteiger partial charge >= 0.3 is 0 Å². The molecule has 116 valence electrons. The Bertz CT molecular complexity index is 490. The standard InChI is InChI=1S/C17H25BrN2O/c1-3-15-6-4-5-11-20(15)17(21)9-10-19-14-8-7-13(2)16(18)12-14/h7-8,12,15,19H,3-6,9-11H2,1-2H3. The van der Waals surface area contributed by atoms with Gasteiger partial charge in [0.2, 0.25) is 5.91 Å². The van der Waals surface area contributed by atoms with Crippen molar-refractivity contribution in [3.63, 3.8) is 0 Å². The van der Waals surface area contributed by atoms with Crippen molar-refractivity contribution >= 4 is 27.5 Å². The van der Waals surface area contributed by atoms with E-state index in [0.29, 0.717) is 24.9 Å². The zero-order chi connectivity index (χ0) is 15.2. The van der Waals surface area contributed by atoms with Crippen LogP contribution in [0, 0.1) is 6.92 Å². The Hall–Kier alpha value is -1.03. The van der Waals surface area contributed by atoms with E-state index in [1.54, 1.807) is 0 Å². The molecule has 0 aromatic heterocycles. The van der Waals surface area contributed by atoms with Gasteiger partial charge in [-0.15, -0.1) is 0 Å². The van der Waals surface area contributed by atoms with Gasteiger partial charge in [-0.05, 0) is 50.3 Å². The summed E-state index contributed by atoms with van der Waals surface area (Å²) in [7, 11) is 0. The van der Waals surface area contributed by atoms with Crippen LogP contribution < -0.4 is 5.32 Å². The first-order valence-electron chi connectivity index (χ1n) is 7.91. The molecule has 0 aliphatic carbocycles. The van der Waals surface area contributed by atoms with Crippen molar-refractivity contribution in [1.82, 2.24) is 4.90 Å². The largest absolute Gasteiger partial charge is 0.384 e. The molecule has 2 rings (SSSR count). The molecule has 1 N–H and O–H groups in total. The van der Waals surface area contributed by atoms with Crippen LogP contribution in [0.3, 0.4) is 0 Å². The molecule has 21 heavy (non-hydrogen) atoms. The number of carbonyl (C=O) groups excluding carboxylic acids is 1. The number of hydrogen-bond donors (Lipinski definition) is 1. The highest BCUT2D eigenvalue weighted by Gasteiger charge is 2.24. The van der Waals surface area contributed by atoms with E-state index in [2.05, 4.69) is 58.2 Å². The highest BCUT2D eigenvalue weighted by molar-refractivity contribution is 9.10. The average Bonchev–Trinajstić information content (AvgIpc) is 2.50. The van der Waals surface area contributed by atoms with Gasteiger partial charge < -0.3 is 10.2 Å². The quantitative estimate of drug-likeness (QED) is 0.854. The summed E-state index contributed by atoms with van der Waals surface area (Å²) in [4.78, 5) is 14.4. The first-order valence-corrected chi connectivity index (χ1v) is 8.70. The molecule has 1 fully saturated rings. The predicted molar refractivity (Wildman–Crippen MR) is 91.6 cm³/mol. The zero-order valence-corrected chi connectivity index (χ0v) is 14.6. The number of anilines is 1. The summed E-state index contributed by atoms with van der Waals surface area (Å²) in [6.07, 6.45) is 5.23. The highest BCUT2D eigenvalue weighted by Crippen LogP contribution is 2.22. The number of nitrogens with zero attached hydrogens (tertiary/aromatic N) is 1. The summed E-state index contributed by atoms with van der Waals surface area (Å²) < 4.78 is 1.10. The molecule has 0 radical (unpaired) electrons. The normalized spacial score (nSPS) is 18.6. The van der Waals surface area contributed by atoms with E-state index in [4.69, 9.17) is 0 Å². The molecule has 4 heteroatoms. The summed E-state index contributed by atoms with van der Waals surface area (Å²) in [6.45, 7) is 5.88. The maximum Gasteiger partial charge on any atom is 0.224 e. The van der Waals surface area contributed by atoms with Gasteiger partial charge in [0.1, 0.15) is 0 Å². The number of aryl methyl sites for hydroxylation is 1. The van der Waals surface area contributed by atoms with Gasteiger partial charge in [-0.25, -0.2) is 0 Å². The number of halogens is 1. The number of amides is 1. The van der Waals surface area contributed by atoms with Crippen molar-refractivity contribution in [3.8, 4) is 0 Å². The van der Waals surface area contributed by atoms with Gasteiger partial charge in [-0.2, -0.15) is 0 Å². The fourth-order valence-corrected chi connectivity index (χ4v) is 3.29.